The van der Waals surface area contributed by atoms with Crippen molar-refractivity contribution in [3.05, 3.63) is 108 Å². The lowest BCUT2D eigenvalue weighted by Crippen LogP contribution is -2.30. The van der Waals surface area contributed by atoms with Crippen molar-refractivity contribution >= 4 is 23.0 Å². The highest BCUT2D eigenvalue weighted by atomic mass is 32.1. The number of hydrogen-bond donors (Lipinski definition) is 1. The average Bonchev–Trinajstić information content (AvgIpc) is 3.46. The SMILES string of the molecule is COc1ccc(N2C(=S)N[C@H](c3ccccn3)[C@H]2c2cccn2-c2ccc(C)c(C)c2)cc1. The maximum absolute atomic E-state index is 5.86. The molecule has 4 aromatic rings. The van der Waals surface area contributed by atoms with Crippen LogP contribution in [0.3, 0.4) is 0 Å². The molecule has 1 aliphatic heterocycles. The second kappa shape index (κ2) is 8.71. The maximum Gasteiger partial charge on any atom is 0.174 e. The summed E-state index contributed by atoms with van der Waals surface area (Å²) in [6, 6.07) is 24.7. The number of aryl methyl sites for hydroxylation is 2. The van der Waals surface area contributed by atoms with E-state index in [2.05, 4.69) is 70.1 Å². The highest BCUT2D eigenvalue weighted by Crippen LogP contribution is 2.42. The van der Waals surface area contributed by atoms with Crippen molar-refractivity contribution in [3.8, 4) is 11.4 Å². The molecule has 166 valence electrons. The average molecular weight is 455 g/mol. The van der Waals surface area contributed by atoms with E-state index < -0.39 is 0 Å². The van der Waals surface area contributed by atoms with Gasteiger partial charge in [-0.05, 0) is 97.9 Å². The second-order valence-corrected chi connectivity index (χ2v) is 8.65. The Bertz CT molecular complexity index is 1280. The summed E-state index contributed by atoms with van der Waals surface area (Å²) in [5, 5.41) is 4.21. The lowest BCUT2D eigenvalue weighted by molar-refractivity contribution is 0.415. The normalized spacial score (nSPS) is 17.8. The number of nitrogens with one attached hydrogen (secondary N) is 1. The molecule has 0 saturated carbocycles. The van der Waals surface area contributed by atoms with Crippen LogP contribution >= 0.6 is 12.2 Å². The quantitative estimate of drug-likeness (QED) is 0.393. The minimum atomic E-state index is -0.0963. The number of benzene rings is 2. The van der Waals surface area contributed by atoms with Gasteiger partial charge in [0.15, 0.2) is 5.11 Å². The second-order valence-electron chi connectivity index (χ2n) is 8.27. The van der Waals surface area contributed by atoms with Crippen molar-refractivity contribution in [2.75, 3.05) is 12.0 Å². The Morgan fingerprint density at radius 2 is 1.70 bits per heavy atom. The van der Waals surface area contributed by atoms with Gasteiger partial charge in [0.2, 0.25) is 0 Å². The summed E-state index contributed by atoms with van der Waals surface area (Å²) in [6.07, 6.45) is 3.94. The van der Waals surface area contributed by atoms with Crippen LogP contribution in [0.4, 0.5) is 5.69 Å². The van der Waals surface area contributed by atoms with Gasteiger partial charge in [0.25, 0.3) is 0 Å². The van der Waals surface area contributed by atoms with Gasteiger partial charge in [-0.2, -0.15) is 0 Å². The molecule has 2 aromatic carbocycles. The Morgan fingerprint density at radius 3 is 2.39 bits per heavy atom. The van der Waals surface area contributed by atoms with Crippen LogP contribution in [-0.2, 0) is 0 Å². The molecule has 1 aliphatic rings. The number of ether oxygens (including phenoxy) is 1. The predicted octanol–water partition coefficient (Wildman–Crippen LogP) is 5.67. The third-order valence-electron chi connectivity index (χ3n) is 6.30. The van der Waals surface area contributed by atoms with E-state index in [-0.39, 0.29) is 12.1 Å². The van der Waals surface area contributed by atoms with Crippen molar-refractivity contribution in [3.63, 3.8) is 0 Å². The topological polar surface area (TPSA) is 42.3 Å². The molecule has 0 spiro atoms. The number of rotatable bonds is 5. The van der Waals surface area contributed by atoms with Crippen LogP contribution in [0.5, 0.6) is 5.75 Å². The van der Waals surface area contributed by atoms with Gasteiger partial charge in [0.1, 0.15) is 11.8 Å². The van der Waals surface area contributed by atoms with Gasteiger partial charge in [-0.15, -0.1) is 0 Å². The molecule has 5 nitrogen and oxygen atoms in total. The minimum Gasteiger partial charge on any atom is -0.497 e. The molecule has 0 amide bonds. The molecule has 0 radical (unpaired) electrons. The Morgan fingerprint density at radius 1 is 0.909 bits per heavy atom. The molecule has 0 aliphatic carbocycles. The van der Waals surface area contributed by atoms with Crippen LogP contribution < -0.4 is 15.0 Å². The van der Waals surface area contributed by atoms with Crippen molar-refractivity contribution in [2.24, 2.45) is 0 Å². The van der Waals surface area contributed by atoms with Crippen molar-refractivity contribution in [1.29, 1.82) is 0 Å². The summed E-state index contributed by atoms with van der Waals surface area (Å²) in [5.74, 6) is 0.813. The van der Waals surface area contributed by atoms with Crippen molar-refractivity contribution in [2.45, 2.75) is 25.9 Å². The van der Waals surface area contributed by atoms with Crippen LogP contribution in [-0.4, -0.2) is 21.8 Å². The summed E-state index contributed by atoms with van der Waals surface area (Å²) in [6.45, 7) is 4.28. The summed E-state index contributed by atoms with van der Waals surface area (Å²) in [5.41, 5.74) is 6.77. The number of anilines is 1. The molecule has 2 aromatic heterocycles. The van der Waals surface area contributed by atoms with E-state index in [1.54, 1.807) is 7.11 Å². The molecular formula is C27H26N4OS. The zero-order valence-electron chi connectivity index (χ0n) is 18.9. The lowest BCUT2D eigenvalue weighted by Gasteiger charge is -2.29. The largest absolute Gasteiger partial charge is 0.497 e. The molecule has 3 heterocycles. The molecule has 33 heavy (non-hydrogen) atoms. The molecule has 6 heteroatoms. The van der Waals surface area contributed by atoms with Gasteiger partial charge < -0.3 is 19.5 Å². The predicted molar refractivity (Wildman–Crippen MR) is 136 cm³/mol. The fourth-order valence-corrected chi connectivity index (χ4v) is 4.77. The first-order valence-electron chi connectivity index (χ1n) is 11.0. The van der Waals surface area contributed by atoms with Gasteiger partial charge in [-0.3, -0.25) is 4.98 Å². The maximum atomic E-state index is 5.86. The van der Waals surface area contributed by atoms with Gasteiger partial charge >= 0.3 is 0 Å². The third kappa shape index (κ3) is 3.87. The molecule has 1 N–H and O–H groups in total. The Labute approximate surface area is 199 Å². The van der Waals surface area contributed by atoms with Gasteiger partial charge in [-0.1, -0.05) is 12.1 Å². The van der Waals surface area contributed by atoms with Crippen molar-refractivity contribution in [1.82, 2.24) is 14.9 Å². The zero-order valence-corrected chi connectivity index (χ0v) is 19.7. The fraction of sp³-hybridized carbons (Fsp3) is 0.185. The number of nitrogens with zero attached hydrogens (tertiary/aromatic N) is 3. The Kier molecular flexibility index (Phi) is 5.60. The first-order chi connectivity index (χ1) is 16.1. The van der Waals surface area contributed by atoms with E-state index in [4.69, 9.17) is 17.0 Å². The number of aromatic nitrogens is 2. The van der Waals surface area contributed by atoms with Crippen LogP contribution in [0, 0.1) is 13.8 Å². The van der Waals surface area contributed by atoms with Crippen LogP contribution in [0.15, 0.2) is 85.2 Å². The van der Waals surface area contributed by atoms with E-state index in [0.717, 1.165) is 28.5 Å². The number of pyridine rings is 1. The lowest BCUT2D eigenvalue weighted by atomic mass is 10.0. The number of hydrogen-bond acceptors (Lipinski definition) is 3. The Hall–Kier alpha value is -3.64. The molecule has 5 rings (SSSR count). The van der Waals surface area contributed by atoms with E-state index in [1.807, 2.05) is 48.7 Å². The highest BCUT2D eigenvalue weighted by molar-refractivity contribution is 7.80. The van der Waals surface area contributed by atoms with Crippen LogP contribution in [0.2, 0.25) is 0 Å². The van der Waals surface area contributed by atoms with E-state index in [1.165, 1.54) is 11.1 Å². The molecule has 1 saturated heterocycles. The molecule has 0 unspecified atom stereocenters. The first kappa shape index (κ1) is 21.2. The van der Waals surface area contributed by atoms with Crippen LogP contribution in [0.1, 0.15) is 34.6 Å². The number of methoxy groups -OCH3 is 1. The molecule has 1 fully saturated rings. The summed E-state index contributed by atoms with van der Waals surface area (Å²) < 4.78 is 7.61. The first-order valence-corrected chi connectivity index (χ1v) is 11.4. The van der Waals surface area contributed by atoms with Gasteiger partial charge in [-0.25, -0.2) is 0 Å². The van der Waals surface area contributed by atoms with E-state index in [0.29, 0.717) is 5.11 Å². The fourth-order valence-electron chi connectivity index (χ4n) is 4.42. The highest BCUT2D eigenvalue weighted by Gasteiger charge is 2.42. The summed E-state index contributed by atoms with van der Waals surface area (Å²) >= 11 is 5.86. The molecule has 0 bridgehead atoms. The minimum absolute atomic E-state index is 0.0857. The number of thiocarbonyl (C=S) groups is 1. The summed E-state index contributed by atoms with van der Waals surface area (Å²) in [7, 11) is 1.67. The van der Waals surface area contributed by atoms with Crippen molar-refractivity contribution < 1.29 is 4.74 Å². The van der Waals surface area contributed by atoms with E-state index in [9.17, 15) is 0 Å². The zero-order chi connectivity index (χ0) is 22.9. The van der Waals surface area contributed by atoms with Gasteiger partial charge in [0.05, 0.1) is 18.8 Å². The monoisotopic (exact) mass is 454 g/mol. The summed E-state index contributed by atoms with van der Waals surface area (Å²) in [4.78, 5) is 6.84. The standard InChI is InChI=1S/C27H26N4OS/c1-18-9-10-21(17-19(18)2)30-16-6-8-24(30)26-25(23-7-4-5-15-28-23)29-27(33)31(26)20-11-13-22(32-3)14-12-20/h4-17,25-26H,1-3H3,(H,29,33)/t25-,26-/m1/s1. The van der Waals surface area contributed by atoms with Crippen LogP contribution in [0.25, 0.3) is 5.69 Å². The smallest absolute Gasteiger partial charge is 0.174 e. The van der Waals surface area contributed by atoms with E-state index >= 15 is 0 Å². The third-order valence-corrected chi connectivity index (χ3v) is 6.62. The Balaban J connectivity index is 1.65. The van der Waals surface area contributed by atoms with Gasteiger partial charge in [0, 0.05) is 29.5 Å². The molecule has 2 atom stereocenters. The molecular weight excluding hydrogens is 428 g/mol.